The lowest BCUT2D eigenvalue weighted by Gasteiger charge is -2.07. The first-order valence-electron chi connectivity index (χ1n) is 3.21. The fourth-order valence-corrected chi connectivity index (χ4v) is 1.24. The maximum Gasteiger partial charge on any atom is 0.0729 e. The summed E-state index contributed by atoms with van der Waals surface area (Å²) in [6.45, 7) is 1.62. The molecule has 1 aliphatic heterocycles. The quantitative estimate of drug-likeness (QED) is 0.475. The second kappa shape index (κ2) is 2.64. The van der Waals surface area contributed by atoms with Crippen LogP contribution in [0.5, 0.6) is 0 Å². The van der Waals surface area contributed by atoms with Crippen molar-refractivity contribution in [2.75, 3.05) is 26.7 Å². The number of β-amino-alcohol motifs (C(OH)–C–C–N with tert-alkyl or cyclic N) is 1. The van der Waals surface area contributed by atoms with Gasteiger partial charge in [-0.1, -0.05) is 0 Å². The summed E-state index contributed by atoms with van der Waals surface area (Å²) in [6.07, 6.45) is -0.319. The zero-order valence-electron chi connectivity index (χ0n) is 5.62. The van der Waals surface area contributed by atoms with E-state index in [-0.39, 0.29) is 18.6 Å². The van der Waals surface area contributed by atoms with Crippen molar-refractivity contribution >= 4 is 0 Å². The lowest BCUT2D eigenvalue weighted by molar-refractivity contribution is 0.103. The van der Waals surface area contributed by atoms with E-state index in [1.165, 1.54) is 0 Å². The van der Waals surface area contributed by atoms with E-state index in [1.807, 2.05) is 11.9 Å². The summed E-state index contributed by atoms with van der Waals surface area (Å²) < 4.78 is 0. The minimum atomic E-state index is -0.319. The van der Waals surface area contributed by atoms with E-state index < -0.39 is 0 Å². The van der Waals surface area contributed by atoms with Crippen molar-refractivity contribution in [3.8, 4) is 0 Å². The van der Waals surface area contributed by atoms with Gasteiger partial charge < -0.3 is 15.1 Å². The molecule has 0 bridgehead atoms. The standard InChI is InChI=1S/C6H13NO2/c1-7-2-5(4-8)6(9)3-7/h5-6,8-9H,2-4H2,1H3/t5-,6+/m0/s1. The molecule has 0 aliphatic carbocycles. The molecule has 3 heteroatoms. The molecule has 0 radical (unpaired) electrons. The predicted octanol–water partition coefficient (Wildman–Crippen LogP) is -1.10. The molecule has 0 amide bonds. The Hall–Kier alpha value is -0.120. The maximum absolute atomic E-state index is 9.16. The second-order valence-electron chi connectivity index (χ2n) is 2.73. The van der Waals surface area contributed by atoms with Crippen LogP contribution in [-0.4, -0.2) is 48.0 Å². The van der Waals surface area contributed by atoms with E-state index in [0.29, 0.717) is 6.54 Å². The minimum Gasteiger partial charge on any atom is -0.396 e. The summed E-state index contributed by atoms with van der Waals surface area (Å²) in [5, 5.41) is 17.8. The molecule has 1 fully saturated rings. The van der Waals surface area contributed by atoms with Gasteiger partial charge in [0.15, 0.2) is 0 Å². The topological polar surface area (TPSA) is 43.7 Å². The van der Waals surface area contributed by atoms with Gasteiger partial charge in [-0.05, 0) is 7.05 Å². The summed E-state index contributed by atoms with van der Waals surface area (Å²) in [5.41, 5.74) is 0. The third kappa shape index (κ3) is 1.41. The SMILES string of the molecule is CN1C[C@@H](CO)[C@H](O)C1. The highest BCUT2D eigenvalue weighted by atomic mass is 16.3. The highest BCUT2D eigenvalue weighted by Gasteiger charge is 2.27. The lowest BCUT2D eigenvalue weighted by atomic mass is 10.1. The van der Waals surface area contributed by atoms with Crippen LogP contribution in [0.1, 0.15) is 0 Å². The monoisotopic (exact) mass is 131 g/mol. The highest BCUT2D eigenvalue weighted by molar-refractivity contribution is 4.80. The Bertz CT molecular complexity index is 97.1. The average Bonchev–Trinajstić information content (AvgIpc) is 2.10. The predicted molar refractivity (Wildman–Crippen MR) is 34.1 cm³/mol. The van der Waals surface area contributed by atoms with E-state index in [9.17, 15) is 0 Å². The molecule has 1 aliphatic rings. The van der Waals surface area contributed by atoms with Crippen LogP contribution in [0.3, 0.4) is 0 Å². The van der Waals surface area contributed by atoms with Crippen molar-refractivity contribution in [2.24, 2.45) is 5.92 Å². The van der Waals surface area contributed by atoms with E-state index >= 15 is 0 Å². The largest absolute Gasteiger partial charge is 0.396 e. The normalized spacial score (nSPS) is 37.7. The zero-order valence-corrected chi connectivity index (χ0v) is 5.62. The minimum absolute atomic E-state index is 0.0787. The van der Waals surface area contributed by atoms with Crippen LogP contribution < -0.4 is 0 Å². The molecule has 0 aromatic rings. The molecule has 54 valence electrons. The lowest BCUT2D eigenvalue weighted by Crippen LogP contribution is -2.20. The van der Waals surface area contributed by atoms with Gasteiger partial charge in [0.1, 0.15) is 0 Å². The Morgan fingerprint density at radius 1 is 1.56 bits per heavy atom. The Labute approximate surface area is 54.9 Å². The van der Waals surface area contributed by atoms with Crippen LogP contribution >= 0.6 is 0 Å². The molecule has 0 aromatic carbocycles. The fraction of sp³-hybridized carbons (Fsp3) is 1.00. The van der Waals surface area contributed by atoms with Crippen LogP contribution in [0, 0.1) is 5.92 Å². The van der Waals surface area contributed by atoms with Gasteiger partial charge in [-0.2, -0.15) is 0 Å². The molecule has 0 spiro atoms. The molecule has 0 aromatic heterocycles. The molecule has 1 saturated heterocycles. The van der Waals surface area contributed by atoms with Gasteiger partial charge in [0.05, 0.1) is 6.10 Å². The summed E-state index contributed by atoms with van der Waals surface area (Å²) in [6, 6.07) is 0. The smallest absolute Gasteiger partial charge is 0.0729 e. The van der Waals surface area contributed by atoms with Gasteiger partial charge in [0.25, 0.3) is 0 Å². The zero-order chi connectivity index (χ0) is 6.85. The third-order valence-corrected chi connectivity index (χ3v) is 1.82. The third-order valence-electron chi connectivity index (χ3n) is 1.82. The molecule has 3 nitrogen and oxygen atoms in total. The average molecular weight is 131 g/mol. The van der Waals surface area contributed by atoms with Crippen molar-refractivity contribution in [1.82, 2.24) is 4.90 Å². The van der Waals surface area contributed by atoms with Gasteiger partial charge in [-0.25, -0.2) is 0 Å². The Kier molecular flexibility index (Phi) is 2.05. The maximum atomic E-state index is 9.16. The summed E-state index contributed by atoms with van der Waals surface area (Å²) in [5.74, 6) is 0.0787. The number of aliphatic hydroxyl groups is 2. The molecule has 0 unspecified atom stereocenters. The van der Waals surface area contributed by atoms with Gasteiger partial charge in [-0.15, -0.1) is 0 Å². The van der Waals surface area contributed by atoms with Crippen LogP contribution in [0.25, 0.3) is 0 Å². The fourth-order valence-electron chi connectivity index (χ4n) is 1.24. The van der Waals surface area contributed by atoms with Crippen molar-refractivity contribution in [2.45, 2.75) is 6.10 Å². The van der Waals surface area contributed by atoms with Gasteiger partial charge in [-0.3, -0.25) is 0 Å². The molecule has 2 atom stereocenters. The number of nitrogens with zero attached hydrogens (tertiary/aromatic N) is 1. The molecule has 0 saturated carbocycles. The summed E-state index contributed by atoms with van der Waals surface area (Å²) in [7, 11) is 1.94. The van der Waals surface area contributed by atoms with Gasteiger partial charge in [0.2, 0.25) is 0 Å². The second-order valence-corrected chi connectivity index (χ2v) is 2.73. The molecule has 1 heterocycles. The van der Waals surface area contributed by atoms with Crippen LogP contribution in [0.4, 0.5) is 0 Å². The number of hydrogen-bond donors (Lipinski definition) is 2. The first-order chi connectivity index (χ1) is 4.24. The van der Waals surface area contributed by atoms with Crippen molar-refractivity contribution in [3.63, 3.8) is 0 Å². The highest BCUT2D eigenvalue weighted by Crippen LogP contribution is 2.13. The Morgan fingerprint density at radius 2 is 2.22 bits per heavy atom. The van der Waals surface area contributed by atoms with Gasteiger partial charge in [0, 0.05) is 25.6 Å². The van der Waals surface area contributed by atoms with Crippen molar-refractivity contribution in [3.05, 3.63) is 0 Å². The number of rotatable bonds is 1. The first-order valence-corrected chi connectivity index (χ1v) is 3.21. The number of likely N-dealkylation sites (N-methyl/N-ethyl adjacent to an activating group) is 1. The van der Waals surface area contributed by atoms with Crippen molar-refractivity contribution in [1.29, 1.82) is 0 Å². The van der Waals surface area contributed by atoms with Crippen LogP contribution in [-0.2, 0) is 0 Å². The van der Waals surface area contributed by atoms with E-state index in [2.05, 4.69) is 0 Å². The first kappa shape index (κ1) is 6.99. The van der Waals surface area contributed by atoms with E-state index in [1.54, 1.807) is 0 Å². The van der Waals surface area contributed by atoms with Crippen LogP contribution in [0.15, 0.2) is 0 Å². The van der Waals surface area contributed by atoms with E-state index in [4.69, 9.17) is 10.2 Å². The van der Waals surface area contributed by atoms with Gasteiger partial charge >= 0.3 is 0 Å². The number of likely N-dealkylation sites (tertiary alicyclic amines) is 1. The summed E-state index contributed by atoms with van der Waals surface area (Å²) >= 11 is 0. The van der Waals surface area contributed by atoms with Crippen LogP contribution in [0.2, 0.25) is 0 Å². The summed E-state index contributed by atoms with van der Waals surface area (Å²) in [4.78, 5) is 2.02. The molecule has 2 N–H and O–H groups in total. The molecular formula is C6H13NO2. The molecule has 1 rings (SSSR count). The molecular weight excluding hydrogens is 118 g/mol. The Morgan fingerprint density at radius 3 is 2.44 bits per heavy atom. The van der Waals surface area contributed by atoms with E-state index in [0.717, 1.165) is 6.54 Å². The Balaban J connectivity index is 2.38. The number of aliphatic hydroxyl groups excluding tert-OH is 2. The molecule has 9 heavy (non-hydrogen) atoms. The number of hydrogen-bond acceptors (Lipinski definition) is 3. The van der Waals surface area contributed by atoms with Crippen molar-refractivity contribution < 1.29 is 10.2 Å².